The lowest BCUT2D eigenvalue weighted by atomic mass is 9.87. The highest BCUT2D eigenvalue weighted by Crippen LogP contribution is 2.47. The average Bonchev–Trinajstić information content (AvgIpc) is 2.47. The molecule has 0 saturated heterocycles. The molecular formula is C11H14F3N3O. The predicted octanol–water partition coefficient (Wildman–Crippen LogP) is 2.01. The van der Waals surface area contributed by atoms with E-state index in [9.17, 15) is 18.3 Å². The quantitative estimate of drug-likeness (QED) is 0.734. The molecule has 18 heavy (non-hydrogen) atoms. The van der Waals surface area contributed by atoms with Crippen LogP contribution in [0.25, 0.3) is 0 Å². The van der Waals surface area contributed by atoms with Crippen LogP contribution >= 0.6 is 0 Å². The third-order valence-electron chi connectivity index (χ3n) is 3.59. The lowest BCUT2D eigenvalue weighted by Crippen LogP contribution is -2.59. The lowest BCUT2D eigenvalue weighted by molar-refractivity contribution is -0.321. The summed E-state index contributed by atoms with van der Waals surface area (Å²) in [6.07, 6.45) is -1.82. The maximum atomic E-state index is 13.1. The number of aliphatic hydroxyl groups is 1. The van der Waals surface area contributed by atoms with Crippen LogP contribution in [0.4, 0.5) is 13.2 Å². The molecule has 0 aromatic carbocycles. The number of nitrogens with zero attached hydrogens (tertiary/aromatic N) is 3. The summed E-state index contributed by atoms with van der Waals surface area (Å²) in [5, 5.41) is 23.0. The summed E-state index contributed by atoms with van der Waals surface area (Å²) in [6.45, 7) is -0.560. The molecule has 1 heterocycles. The van der Waals surface area contributed by atoms with E-state index in [0.717, 1.165) is 12.8 Å². The molecule has 1 fully saturated rings. The van der Waals surface area contributed by atoms with E-state index in [1.807, 2.05) is 0 Å². The molecule has 0 radical (unpaired) electrons. The fourth-order valence-electron chi connectivity index (χ4n) is 2.70. The molecule has 7 heteroatoms. The van der Waals surface area contributed by atoms with Crippen LogP contribution in [0.15, 0.2) is 5.10 Å². The highest BCUT2D eigenvalue weighted by molar-refractivity contribution is 5.89. The summed E-state index contributed by atoms with van der Waals surface area (Å²) < 4.78 is 39.4. The number of fused-ring (bicyclic) bond motifs is 1. The van der Waals surface area contributed by atoms with Gasteiger partial charge >= 0.3 is 6.18 Å². The van der Waals surface area contributed by atoms with Gasteiger partial charge in [-0.15, -0.1) is 0 Å². The maximum Gasteiger partial charge on any atom is 0.438 e. The van der Waals surface area contributed by atoms with Gasteiger partial charge in [0.1, 0.15) is 6.54 Å². The Morgan fingerprint density at radius 2 is 2.17 bits per heavy atom. The van der Waals surface area contributed by atoms with Gasteiger partial charge in [0.25, 0.3) is 5.72 Å². The van der Waals surface area contributed by atoms with Crippen LogP contribution < -0.4 is 0 Å². The molecule has 0 amide bonds. The first-order valence-corrected chi connectivity index (χ1v) is 5.92. The van der Waals surface area contributed by atoms with Crippen LogP contribution in [0, 0.1) is 17.2 Å². The average molecular weight is 261 g/mol. The molecule has 1 N–H and O–H groups in total. The van der Waals surface area contributed by atoms with Gasteiger partial charge in [0.2, 0.25) is 0 Å². The SMILES string of the molecule is N#CCN1N=C2CCCCCC2C1(O)C(F)(F)F. The van der Waals surface area contributed by atoms with Crippen molar-refractivity contribution in [2.24, 2.45) is 11.0 Å². The molecule has 0 bridgehead atoms. The zero-order valence-electron chi connectivity index (χ0n) is 9.74. The second kappa shape index (κ2) is 4.43. The van der Waals surface area contributed by atoms with Gasteiger partial charge in [0, 0.05) is 5.71 Å². The number of hydrogen-bond donors (Lipinski definition) is 1. The van der Waals surface area contributed by atoms with Crippen molar-refractivity contribution in [3.8, 4) is 6.07 Å². The normalized spacial score (nSPS) is 32.5. The van der Waals surface area contributed by atoms with Crippen molar-refractivity contribution in [2.75, 3.05) is 6.54 Å². The lowest BCUT2D eigenvalue weighted by Gasteiger charge is -2.37. The number of hydrogen-bond acceptors (Lipinski definition) is 4. The van der Waals surface area contributed by atoms with Crippen molar-refractivity contribution in [3.05, 3.63) is 0 Å². The molecule has 0 aromatic rings. The minimum atomic E-state index is -4.82. The first-order chi connectivity index (χ1) is 8.41. The van der Waals surface area contributed by atoms with Gasteiger partial charge in [0.05, 0.1) is 12.0 Å². The first-order valence-electron chi connectivity index (χ1n) is 5.92. The molecular weight excluding hydrogens is 247 g/mol. The maximum absolute atomic E-state index is 13.1. The standard InChI is InChI=1S/C11H14F3N3O/c12-11(13,14)10(18)8-4-2-1-3-5-9(8)16-17(10)7-6-15/h8,18H,1-5,7H2. The van der Waals surface area contributed by atoms with E-state index in [1.54, 1.807) is 6.07 Å². The molecule has 4 nitrogen and oxygen atoms in total. The highest BCUT2D eigenvalue weighted by atomic mass is 19.4. The zero-order valence-corrected chi connectivity index (χ0v) is 9.74. The summed E-state index contributed by atoms with van der Waals surface area (Å²) in [6, 6.07) is 1.62. The Balaban J connectivity index is 2.39. The number of hydrazone groups is 1. The second-order valence-corrected chi connectivity index (χ2v) is 4.68. The Morgan fingerprint density at radius 1 is 1.44 bits per heavy atom. The summed E-state index contributed by atoms with van der Waals surface area (Å²) in [4.78, 5) is 0. The molecule has 0 spiro atoms. The van der Waals surface area contributed by atoms with Crippen molar-refractivity contribution in [1.29, 1.82) is 5.26 Å². The Hall–Kier alpha value is -1.29. The molecule has 2 unspecified atom stereocenters. The van der Waals surface area contributed by atoms with Gasteiger partial charge in [0.15, 0.2) is 0 Å². The summed E-state index contributed by atoms with van der Waals surface area (Å²) >= 11 is 0. The fourth-order valence-corrected chi connectivity index (χ4v) is 2.70. The van der Waals surface area contributed by atoms with E-state index < -0.39 is 24.4 Å². The molecule has 2 rings (SSSR count). The summed E-state index contributed by atoms with van der Waals surface area (Å²) in [7, 11) is 0. The van der Waals surface area contributed by atoms with Gasteiger partial charge in [-0.1, -0.05) is 12.8 Å². The van der Waals surface area contributed by atoms with E-state index in [1.165, 1.54) is 0 Å². The number of alkyl halides is 3. The van der Waals surface area contributed by atoms with Crippen LogP contribution in [0.5, 0.6) is 0 Å². The second-order valence-electron chi connectivity index (χ2n) is 4.68. The molecule has 1 aliphatic carbocycles. The molecule has 2 atom stereocenters. The summed E-state index contributed by atoms with van der Waals surface area (Å²) in [5.74, 6) is -1.03. The van der Waals surface area contributed by atoms with Crippen molar-refractivity contribution in [3.63, 3.8) is 0 Å². The third-order valence-corrected chi connectivity index (χ3v) is 3.59. The minimum absolute atomic E-state index is 0.261. The fraction of sp³-hybridized carbons (Fsp3) is 0.818. The van der Waals surface area contributed by atoms with Crippen molar-refractivity contribution < 1.29 is 18.3 Å². The molecule has 1 saturated carbocycles. The topological polar surface area (TPSA) is 59.6 Å². The van der Waals surface area contributed by atoms with E-state index in [-0.39, 0.29) is 6.42 Å². The summed E-state index contributed by atoms with van der Waals surface area (Å²) in [5.41, 5.74) is -2.63. The van der Waals surface area contributed by atoms with Crippen LogP contribution in [0.3, 0.4) is 0 Å². The minimum Gasteiger partial charge on any atom is -0.362 e. The highest BCUT2D eigenvalue weighted by Gasteiger charge is 2.66. The predicted molar refractivity (Wildman–Crippen MR) is 57.3 cm³/mol. The Bertz CT molecular complexity index is 401. The van der Waals surface area contributed by atoms with Gasteiger partial charge in [-0.05, 0) is 19.3 Å². The van der Waals surface area contributed by atoms with Crippen molar-refractivity contribution in [2.45, 2.75) is 44.0 Å². The Morgan fingerprint density at radius 3 is 2.78 bits per heavy atom. The first kappa shape index (κ1) is 13.1. The molecule has 0 aromatic heterocycles. The van der Waals surface area contributed by atoms with Gasteiger partial charge in [-0.3, -0.25) is 0 Å². The smallest absolute Gasteiger partial charge is 0.362 e. The zero-order chi connectivity index (χ0) is 13.4. The third kappa shape index (κ3) is 1.85. The van der Waals surface area contributed by atoms with Crippen molar-refractivity contribution >= 4 is 5.71 Å². The molecule has 1 aliphatic heterocycles. The largest absolute Gasteiger partial charge is 0.438 e. The van der Waals surface area contributed by atoms with Crippen LogP contribution in [-0.4, -0.2) is 34.3 Å². The number of nitriles is 1. The molecule has 2 aliphatic rings. The van der Waals surface area contributed by atoms with Gasteiger partial charge in [-0.2, -0.15) is 23.5 Å². The Labute approximate surface area is 103 Å². The van der Waals surface area contributed by atoms with E-state index >= 15 is 0 Å². The number of rotatable bonds is 1. The van der Waals surface area contributed by atoms with Gasteiger partial charge < -0.3 is 5.11 Å². The van der Waals surface area contributed by atoms with E-state index in [0.29, 0.717) is 23.6 Å². The monoisotopic (exact) mass is 261 g/mol. The van der Waals surface area contributed by atoms with Crippen LogP contribution in [0.2, 0.25) is 0 Å². The molecule has 100 valence electrons. The Kier molecular flexibility index (Phi) is 3.23. The number of halogens is 3. The van der Waals surface area contributed by atoms with Crippen LogP contribution in [0.1, 0.15) is 32.1 Å². The van der Waals surface area contributed by atoms with E-state index in [2.05, 4.69) is 5.10 Å². The van der Waals surface area contributed by atoms with Gasteiger partial charge in [-0.25, -0.2) is 5.01 Å². The van der Waals surface area contributed by atoms with Crippen molar-refractivity contribution in [1.82, 2.24) is 5.01 Å². The van der Waals surface area contributed by atoms with E-state index in [4.69, 9.17) is 5.26 Å². The van der Waals surface area contributed by atoms with Crippen LogP contribution in [-0.2, 0) is 0 Å².